The van der Waals surface area contributed by atoms with E-state index in [-0.39, 0.29) is 17.2 Å². The minimum absolute atomic E-state index is 0.0231. The molecule has 1 unspecified atom stereocenters. The van der Waals surface area contributed by atoms with Gasteiger partial charge in [-0.15, -0.1) is 0 Å². The van der Waals surface area contributed by atoms with Crippen molar-refractivity contribution in [2.45, 2.75) is 31.1 Å². The number of carbonyl (C=O) groups is 1. The molecule has 0 radical (unpaired) electrons. The van der Waals surface area contributed by atoms with E-state index in [9.17, 15) is 13.2 Å². The third-order valence-corrected chi connectivity index (χ3v) is 4.10. The second-order valence-electron chi connectivity index (χ2n) is 4.07. The third kappa shape index (κ3) is 3.82. The van der Waals surface area contributed by atoms with Gasteiger partial charge < -0.3 is 5.11 Å². The molecule has 6 heteroatoms. The Balaban J connectivity index is 3.02. The zero-order valence-corrected chi connectivity index (χ0v) is 11.2. The van der Waals surface area contributed by atoms with Crippen LogP contribution in [0, 0.1) is 0 Å². The third-order valence-electron chi connectivity index (χ3n) is 2.55. The Morgan fingerprint density at radius 2 is 2.11 bits per heavy atom. The molecule has 18 heavy (non-hydrogen) atoms. The molecule has 0 aromatic heterocycles. The zero-order chi connectivity index (χ0) is 13.8. The predicted octanol–water partition coefficient (Wildman–Crippen LogP) is 1.56. The maximum atomic E-state index is 11.8. The monoisotopic (exact) mass is 271 g/mol. The lowest BCUT2D eigenvalue weighted by molar-refractivity contribution is -0.137. The molecule has 1 aromatic rings. The van der Waals surface area contributed by atoms with Crippen LogP contribution >= 0.6 is 0 Å². The summed E-state index contributed by atoms with van der Waals surface area (Å²) in [5, 5.41) is 8.73. The Morgan fingerprint density at radius 3 is 2.67 bits per heavy atom. The van der Waals surface area contributed by atoms with E-state index in [0.717, 1.165) is 0 Å². The first-order chi connectivity index (χ1) is 8.36. The van der Waals surface area contributed by atoms with Crippen LogP contribution < -0.4 is 4.72 Å². The number of sulfonamides is 1. The summed E-state index contributed by atoms with van der Waals surface area (Å²) in [6, 6.07) is 6.37. The van der Waals surface area contributed by atoms with E-state index in [1.807, 2.05) is 0 Å². The number of carboxylic acid groups (broad SMARTS) is 1. The van der Waals surface area contributed by atoms with Gasteiger partial charge in [0, 0.05) is 6.54 Å². The van der Waals surface area contributed by atoms with Crippen molar-refractivity contribution >= 4 is 16.0 Å². The summed E-state index contributed by atoms with van der Waals surface area (Å²) in [6.45, 7) is 3.78. The van der Waals surface area contributed by atoms with E-state index in [4.69, 9.17) is 5.11 Å². The standard InChI is InChI=1S/C12H17NO4S/c1-3-13-18(16,17)11-6-4-5-10(8-11)9(2)7-12(14)15/h4-6,8-9,13H,3,7H2,1-2H3,(H,14,15). The van der Waals surface area contributed by atoms with Crippen molar-refractivity contribution < 1.29 is 18.3 Å². The smallest absolute Gasteiger partial charge is 0.303 e. The second-order valence-corrected chi connectivity index (χ2v) is 5.84. The van der Waals surface area contributed by atoms with Crippen LogP contribution in [0.3, 0.4) is 0 Å². The molecule has 0 aliphatic rings. The van der Waals surface area contributed by atoms with Gasteiger partial charge in [-0.25, -0.2) is 13.1 Å². The summed E-state index contributed by atoms with van der Waals surface area (Å²) in [4.78, 5) is 10.8. The zero-order valence-electron chi connectivity index (χ0n) is 10.4. The van der Waals surface area contributed by atoms with E-state index >= 15 is 0 Å². The van der Waals surface area contributed by atoms with Crippen LogP contribution in [0.2, 0.25) is 0 Å². The van der Waals surface area contributed by atoms with E-state index in [2.05, 4.69) is 4.72 Å². The Hall–Kier alpha value is -1.40. The first kappa shape index (κ1) is 14.7. The van der Waals surface area contributed by atoms with Gasteiger partial charge in [0.1, 0.15) is 0 Å². The maximum absolute atomic E-state index is 11.8. The Labute approximate surface area is 107 Å². The molecule has 0 saturated heterocycles. The van der Waals surface area contributed by atoms with Crippen molar-refractivity contribution in [2.24, 2.45) is 0 Å². The lowest BCUT2D eigenvalue weighted by Gasteiger charge is -2.11. The van der Waals surface area contributed by atoms with Crippen LogP contribution in [-0.4, -0.2) is 26.0 Å². The predicted molar refractivity (Wildman–Crippen MR) is 68.0 cm³/mol. The summed E-state index contributed by atoms with van der Waals surface area (Å²) in [5.74, 6) is -1.12. The van der Waals surface area contributed by atoms with Gasteiger partial charge in [0.2, 0.25) is 10.0 Å². The number of rotatable bonds is 6. The molecule has 1 rings (SSSR count). The van der Waals surface area contributed by atoms with Crippen LogP contribution in [0.5, 0.6) is 0 Å². The number of hydrogen-bond donors (Lipinski definition) is 2. The van der Waals surface area contributed by atoms with Gasteiger partial charge in [-0.1, -0.05) is 26.0 Å². The molecule has 0 spiro atoms. The molecule has 0 aliphatic carbocycles. The molecule has 5 nitrogen and oxygen atoms in total. The molecule has 0 fully saturated rings. The van der Waals surface area contributed by atoms with Gasteiger partial charge in [0.05, 0.1) is 11.3 Å². The van der Waals surface area contributed by atoms with Crippen LogP contribution in [-0.2, 0) is 14.8 Å². The van der Waals surface area contributed by atoms with Gasteiger partial charge in [0.25, 0.3) is 0 Å². The highest BCUT2D eigenvalue weighted by molar-refractivity contribution is 7.89. The molecule has 0 saturated carbocycles. The molecular formula is C12H17NO4S. The fraction of sp³-hybridized carbons (Fsp3) is 0.417. The largest absolute Gasteiger partial charge is 0.481 e. The average Bonchev–Trinajstić information content (AvgIpc) is 2.28. The minimum Gasteiger partial charge on any atom is -0.481 e. The van der Waals surface area contributed by atoms with E-state index in [0.29, 0.717) is 12.1 Å². The van der Waals surface area contributed by atoms with Crippen molar-refractivity contribution in [2.75, 3.05) is 6.54 Å². The molecule has 0 bridgehead atoms. The van der Waals surface area contributed by atoms with Crippen LogP contribution in [0.4, 0.5) is 0 Å². The van der Waals surface area contributed by atoms with Crippen molar-refractivity contribution in [3.63, 3.8) is 0 Å². The van der Waals surface area contributed by atoms with Gasteiger partial charge in [-0.2, -0.15) is 0 Å². The quantitative estimate of drug-likeness (QED) is 0.822. The molecule has 0 heterocycles. The second kappa shape index (κ2) is 5.97. The normalized spacial score (nSPS) is 13.2. The SMILES string of the molecule is CCNS(=O)(=O)c1cccc(C(C)CC(=O)O)c1. The number of benzene rings is 1. The van der Waals surface area contributed by atoms with E-state index in [1.54, 1.807) is 26.0 Å². The van der Waals surface area contributed by atoms with Crippen molar-refractivity contribution in [1.82, 2.24) is 4.72 Å². The number of carboxylic acids is 1. The molecule has 2 N–H and O–H groups in total. The van der Waals surface area contributed by atoms with E-state index in [1.165, 1.54) is 12.1 Å². The first-order valence-corrected chi connectivity index (χ1v) is 7.16. The lowest BCUT2D eigenvalue weighted by atomic mass is 9.98. The van der Waals surface area contributed by atoms with Crippen LogP contribution in [0.15, 0.2) is 29.2 Å². The summed E-state index contributed by atoms with van der Waals surface area (Å²) in [7, 11) is -3.49. The fourth-order valence-corrected chi connectivity index (χ4v) is 2.74. The lowest BCUT2D eigenvalue weighted by Crippen LogP contribution is -2.23. The summed E-state index contributed by atoms with van der Waals surface area (Å²) < 4.78 is 26.0. The summed E-state index contributed by atoms with van der Waals surface area (Å²) in [6.07, 6.45) is -0.0231. The summed E-state index contributed by atoms with van der Waals surface area (Å²) >= 11 is 0. The fourth-order valence-electron chi connectivity index (χ4n) is 1.64. The number of aliphatic carboxylic acids is 1. The summed E-state index contributed by atoms with van der Waals surface area (Å²) in [5.41, 5.74) is 0.705. The van der Waals surface area contributed by atoms with Crippen molar-refractivity contribution in [3.8, 4) is 0 Å². The highest BCUT2D eigenvalue weighted by atomic mass is 32.2. The Bertz CT molecular complexity index is 525. The minimum atomic E-state index is -3.49. The van der Waals surface area contributed by atoms with Gasteiger partial charge in [0.15, 0.2) is 0 Å². The highest BCUT2D eigenvalue weighted by Crippen LogP contribution is 2.21. The van der Waals surface area contributed by atoms with Gasteiger partial charge >= 0.3 is 5.97 Å². The number of hydrogen-bond acceptors (Lipinski definition) is 3. The Morgan fingerprint density at radius 1 is 1.44 bits per heavy atom. The van der Waals surface area contributed by atoms with E-state index < -0.39 is 16.0 Å². The first-order valence-electron chi connectivity index (χ1n) is 5.68. The Kier molecular flexibility index (Phi) is 4.86. The van der Waals surface area contributed by atoms with Crippen LogP contribution in [0.25, 0.3) is 0 Å². The topological polar surface area (TPSA) is 83.5 Å². The molecule has 0 amide bonds. The highest BCUT2D eigenvalue weighted by Gasteiger charge is 2.16. The average molecular weight is 271 g/mol. The van der Waals surface area contributed by atoms with Gasteiger partial charge in [-0.3, -0.25) is 4.79 Å². The van der Waals surface area contributed by atoms with Crippen molar-refractivity contribution in [1.29, 1.82) is 0 Å². The maximum Gasteiger partial charge on any atom is 0.303 e. The molecule has 0 aliphatic heterocycles. The molecule has 1 aromatic carbocycles. The number of nitrogens with one attached hydrogen (secondary N) is 1. The van der Waals surface area contributed by atoms with Crippen molar-refractivity contribution in [3.05, 3.63) is 29.8 Å². The van der Waals surface area contributed by atoms with Gasteiger partial charge in [-0.05, 0) is 23.6 Å². The molecule has 1 atom stereocenters. The molecule has 100 valence electrons. The molecular weight excluding hydrogens is 254 g/mol. The van der Waals surface area contributed by atoms with Crippen LogP contribution in [0.1, 0.15) is 31.7 Å².